The molecule has 128 valence electrons. The fourth-order valence-corrected chi connectivity index (χ4v) is 4.55. The summed E-state index contributed by atoms with van der Waals surface area (Å²) >= 11 is 0. The molecule has 0 radical (unpaired) electrons. The highest BCUT2D eigenvalue weighted by Crippen LogP contribution is 2.25. The van der Waals surface area contributed by atoms with Crippen LogP contribution in [0.25, 0.3) is 0 Å². The first-order valence-corrected chi connectivity index (χ1v) is 9.74. The Labute approximate surface area is 144 Å². The minimum Gasteiger partial charge on any atom is -0.493 e. The highest BCUT2D eigenvalue weighted by atomic mass is 32.2. The maximum atomic E-state index is 12.7. The third-order valence-electron chi connectivity index (χ3n) is 4.43. The van der Waals surface area contributed by atoms with E-state index < -0.39 is 10.0 Å². The van der Waals surface area contributed by atoms with Crippen LogP contribution < -0.4 is 4.74 Å². The summed E-state index contributed by atoms with van der Waals surface area (Å²) in [6.07, 6.45) is 1.66. The van der Waals surface area contributed by atoms with Crippen molar-refractivity contribution < 1.29 is 13.2 Å². The SMILES string of the molecule is Cc1cccc(S(=O)(=O)N2CCC(COc3ccccc3)CC2)c1. The largest absolute Gasteiger partial charge is 0.493 e. The second-order valence-electron chi connectivity index (χ2n) is 6.29. The van der Waals surface area contributed by atoms with Gasteiger partial charge in [0, 0.05) is 13.1 Å². The van der Waals surface area contributed by atoms with Crippen LogP contribution in [-0.4, -0.2) is 32.4 Å². The number of aryl methyl sites for hydroxylation is 1. The van der Waals surface area contributed by atoms with Gasteiger partial charge in [-0.3, -0.25) is 0 Å². The molecule has 1 aliphatic rings. The molecule has 0 unspecified atom stereocenters. The summed E-state index contributed by atoms with van der Waals surface area (Å²) in [5.41, 5.74) is 0.960. The summed E-state index contributed by atoms with van der Waals surface area (Å²) in [4.78, 5) is 0.390. The Morgan fingerprint density at radius 2 is 1.75 bits per heavy atom. The van der Waals surface area contributed by atoms with Gasteiger partial charge in [-0.15, -0.1) is 0 Å². The van der Waals surface area contributed by atoms with Gasteiger partial charge in [-0.05, 0) is 55.5 Å². The zero-order valence-electron chi connectivity index (χ0n) is 13.9. The van der Waals surface area contributed by atoms with Crippen LogP contribution in [0.2, 0.25) is 0 Å². The van der Waals surface area contributed by atoms with Crippen molar-refractivity contribution in [3.8, 4) is 5.75 Å². The van der Waals surface area contributed by atoms with E-state index in [0.717, 1.165) is 24.2 Å². The van der Waals surface area contributed by atoms with E-state index >= 15 is 0 Å². The molecule has 0 saturated carbocycles. The van der Waals surface area contributed by atoms with Gasteiger partial charge in [-0.2, -0.15) is 4.31 Å². The Balaban J connectivity index is 1.56. The summed E-state index contributed by atoms with van der Waals surface area (Å²) < 4.78 is 32.8. The summed E-state index contributed by atoms with van der Waals surface area (Å²) in [7, 11) is -3.38. The average Bonchev–Trinajstić information content (AvgIpc) is 2.61. The van der Waals surface area contributed by atoms with E-state index in [-0.39, 0.29) is 0 Å². The lowest BCUT2D eigenvalue weighted by atomic mass is 9.99. The predicted molar refractivity (Wildman–Crippen MR) is 94.6 cm³/mol. The first-order valence-electron chi connectivity index (χ1n) is 8.30. The van der Waals surface area contributed by atoms with Crippen LogP contribution in [0.1, 0.15) is 18.4 Å². The van der Waals surface area contributed by atoms with Crippen LogP contribution in [0, 0.1) is 12.8 Å². The van der Waals surface area contributed by atoms with E-state index in [0.29, 0.717) is 30.5 Å². The standard InChI is InChI=1S/C19H23NO3S/c1-16-6-5-9-19(14-16)24(21,22)20-12-10-17(11-13-20)15-23-18-7-3-2-4-8-18/h2-9,14,17H,10-13,15H2,1H3. The van der Waals surface area contributed by atoms with Crippen molar-refractivity contribution in [2.75, 3.05) is 19.7 Å². The average molecular weight is 345 g/mol. The minimum absolute atomic E-state index is 0.390. The molecule has 0 aromatic heterocycles. The van der Waals surface area contributed by atoms with Crippen LogP contribution >= 0.6 is 0 Å². The highest BCUT2D eigenvalue weighted by molar-refractivity contribution is 7.89. The lowest BCUT2D eigenvalue weighted by Crippen LogP contribution is -2.39. The number of para-hydroxylation sites is 1. The molecule has 1 aliphatic heterocycles. The van der Waals surface area contributed by atoms with Gasteiger partial charge in [0.05, 0.1) is 11.5 Å². The number of nitrogens with zero attached hydrogens (tertiary/aromatic N) is 1. The first kappa shape index (κ1) is 17.0. The number of hydrogen-bond donors (Lipinski definition) is 0. The van der Waals surface area contributed by atoms with E-state index in [9.17, 15) is 8.42 Å². The number of piperidine rings is 1. The molecule has 24 heavy (non-hydrogen) atoms. The Kier molecular flexibility index (Phi) is 5.21. The Morgan fingerprint density at radius 3 is 2.42 bits per heavy atom. The number of ether oxygens (including phenoxy) is 1. The molecule has 4 nitrogen and oxygen atoms in total. The molecule has 0 amide bonds. The van der Waals surface area contributed by atoms with E-state index in [4.69, 9.17) is 4.74 Å². The molecule has 2 aromatic carbocycles. The molecular weight excluding hydrogens is 322 g/mol. The lowest BCUT2D eigenvalue weighted by Gasteiger charge is -2.31. The van der Waals surface area contributed by atoms with E-state index in [1.165, 1.54) is 0 Å². The first-order chi connectivity index (χ1) is 11.6. The molecular formula is C19H23NO3S. The van der Waals surface area contributed by atoms with Crippen LogP contribution in [0.15, 0.2) is 59.5 Å². The fourth-order valence-electron chi connectivity index (χ4n) is 2.97. The van der Waals surface area contributed by atoms with Gasteiger partial charge in [0.15, 0.2) is 0 Å². The number of hydrogen-bond acceptors (Lipinski definition) is 3. The minimum atomic E-state index is -3.38. The van der Waals surface area contributed by atoms with Crippen molar-refractivity contribution in [1.82, 2.24) is 4.31 Å². The normalized spacial score (nSPS) is 16.9. The lowest BCUT2D eigenvalue weighted by molar-refractivity contribution is 0.185. The van der Waals surface area contributed by atoms with Gasteiger partial charge in [-0.25, -0.2) is 8.42 Å². The van der Waals surface area contributed by atoms with E-state index in [1.807, 2.05) is 43.3 Å². The van der Waals surface area contributed by atoms with Gasteiger partial charge in [0.25, 0.3) is 0 Å². The van der Waals surface area contributed by atoms with Gasteiger partial charge < -0.3 is 4.74 Å². The molecule has 0 atom stereocenters. The van der Waals surface area contributed by atoms with Crippen molar-refractivity contribution in [2.24, 2.45) is 5.92 Å². The highest BCUT2D eigenvalue weighted by Gasteiger charge is 2.29. The predicted octanol–water partition coefficient (Wildman–Crippen LogP) is 3.47. The Hall–Kier alpha value is -1.85. The third kappa shape index (κ3) is 3.97. The maximum Gasteiger partial charge on any atom is 0.243 e. The van der Waals surface area contributed by atoms with Gasteiger partial charge in [-0.1, -0.05) is 30.3 Å². The second-order valence-corrected chi connectivity index (χ2v) is 8.23. The Morgan fingerprint density at radius 1 is 1.04 bits per heavy atom. The van der Waals surface area contributed by atoms with Gasteiger partial charge in [0.2, 0.25) is 10.0 Å². The van der Waals surface area contributed by atoms with Crippen LogP contribution in [0.3, 0.4) is 0 Å². The molecule has 1 fully saturated rings. The van der Waals surface area contributed by atoms with Crippen LogP contribution in [0.4, 0.5) is 0 Å². The summed E-state index contributed by atoms with van der Waals surface area (Å²) in [6.45, 7) is 3.66. The molecule has 1 saturated heterocycles. The van der Waals surface area contributed by atoms with Crippen molar-refractivity contribution in [3.05, 3.63) is 60.2 Å². The maximum absolute atomic E-state index is 12.7. The zero-order valence-corrected chi connectivity index (χ0v) is 14.7. The summed E-state index contributed by atoms with van der Waals surface area (Å²) in [5.74, 6) is 1.27. The van der Waals surface area contributed by atoms with Gasteiger partial charge >= 0.3 is 0 Å². The van der Waals surface area contributed by atoms with E-state index in [1.54, 1.807) is 22.5 Å². The summed E-state index contributed by atoms with van der Waals surface area (Å²) in [5, 5.41) is 0. The molecule has 3 rings (SSSR count). The van der Waals surface area contributed by atoms with E-state index in [2.05, 4.69) is 0 Å². The van der Waals surface area contributed by atoms with Crippen molar-refractivity contribution in [1.29, 1.82) is 0 Å². The van der Waals surface area contributed by atoms with Crippen LogP contribution in [0.5, 0.6) is 5.75 Å². The fraction of sp³-hybridized carbons (Fsp3) is 0.368. The van der Waals surface area contributed by atoms with Crippen LogP contribution in [-0.2, 0) is 10.0 Å². The second kappa shape index (κ2) is 7.36. The molecule has 0 bridgehead atoms. The molecule has 0 aliphatic carbocycles. The molecule has 2 aromatic rings. The third-order valence-corrected chi connectivity index (χ3v) is 6.32. The van der Waals surface area contributed by atoms with Gasteiger partial charge in [0.1, 0.15) is 5.75 Å². The summed E-state index contributed by atoms with van der Waals surface area (Å²) in [6, 6.07) is 16.9. The quantitative estimate of drug-likeness (QED) is 0.833. The number of benzene rings is 2. The molecule has 1 heterocycles. The monoisotopic (exact) mass is 345 g/mol. The molecule has 5 heteroatoms. The topological polar surface area (TPSA) is 46.6 Å². The number of rotatable bonds is 5. The zero-order chi connectivity index (χ0) is 17.0. The van der Waals surface area contributed by atoms with Crippen molar-refractivity contribution in [2.45, 2.75) is 24.7 Å². The van der Waals surface area contributed by atoms with Crippen molar-refractivity contribution in [3.63, 3.8) is 0 Å². The smallest absolute Gasteiger partial charge is 0.243 e. The molecule has 0 N–H and O–H groups in total. The number of sulfonamides is 1. The Bertz CT molecular complexity index is 766. The van der Waals surface area contributed by atoms with Crippen molar-refractivity contribution >= 4 is 10.0 Å². The molecule has 0 spiro atoms.